The highest BCUT2D eigenvalue weighted by Gasteiger charge is 2.56. The second-order valence-electron chi connectivity index (χ2n) is 6.29. The van der Waals surface area contributed by atoms with Crippen LogP contribution in [0, 0.1) is 11.3 Å². The normalized spacial score (nSPS) is 46.5. The predicted molar refractivity (Wildman–Crippen MR) is 69.6 cm³/mol. The van der Waals surface area contributed by atoms with Gasteiger partial charge in [-0.15, -0.1) is 0 Å². The van der Waals surface area contributed by atoms with Crippen LogP contribution in [-0.4, -0.2) is 21.9 Å². The lowest BCUT2D eigenvalue weighted by Crippen LogP contribution is -2.57. The van der Waals surface area contributed by atoms with Gasteiger partial charge in [0.1, 0.15) is 0 Å². The van der Waals surface area contributed by atoms with Crippen molar-refractivity contribution >= 4 is 0 Å². The summed E-state index contributed by atoms with van der Waals surface area (Å²) < 4.78 is 0. The third-order valence-electron chi connectivity index (χ3n) is 5.18. The second kappa shape index (κ2) is 3.96. The van der Waals surface area contributed by atoms with Crippen LogP contribution in [0.3, 0.4) is 0 Å². The number of aliphatic hydroxyl groups excluding tert-OH is 1. The van der Waals surface area contributed by atoms with Crippen molar-refractivity contribution in [3.8, 4) is 0 Å². The van der Waals surface area contributed by atoms with Gasteiger partial charge in [0, 0.05) is 5.41 Å². The third-order valence-corrected chi connectivity index (χ3v) is 5.18. The molecule has 0 saturated heterocycles. The first-order valence-electron chi connectivity index (χ1n) is 6.55. The van der Waals surface area contributed by atoms with Gasteiger partial charge in [0.05, 0.1) is 11.7 Å². The summed E-state index contributed by atoms with van der Waals surface area (Å²) >= 11 is 0. The zero-order valence-corrected chi connectivity index (χ0v) is 11.0. The van der Waals surface area contributed by atoms with E-state index in [0.29, 0.717) is 17.9 Å². The Morgan fingerprint density at radius 2 is 1.94 bits per heavy atom. The maximum Gasteiger partial charge on any atom is 0.0937 e. The van der Waals surface area contributed by atoms with Crippen LogP contribution < -0.4 is 0 Å². The Bertz CT molecular complexity index is 360. The average Bonchev–Trinajstić information content (AvgIpc) is 2.27. The van der Waals surface area contributed by atoms with Crippen molar-refractivity contribution in [3.05, 3.63) is 24.3 Å². The lowest BCUT2D eigenvalue weighted by molar-refractivity contribution is -0.124. The van der Waals surface area contributed by atoms with E-state index in [9.17, 15) is 10.2 Å². The molecule has 2 N–H and O–H groups in total. The first kappa shape index (κ1) is 12.8. The zero-order chi connectivity index (χ0) is 12.8. The molecule has 0 bridgehead atoms. The molecule has 0 aromatic rings. The monoisotopic (exact) mass is 236 g/mol. The van der Waals surface area contributed by atoms with Crippen molar-refractivity contribution in [2.45, 2.75) is 57.7 Å². The number of rotatable bonds is 1. The van der Waals surface area contributed by atoms with E-state index in [1.807, 2.05) is 6.92 Å². The van der Waals surface area contributed by atoms with Crippen LogP contribution in [0.1, 0.15) is 46.0 Å². The fourth-order valence-electron chi connectivity index (χ4n) is 3.58. The molecule has 2 fully saturated rings. The molecule has 2 aliphatic carbocycles. The van der Waals surface area contributed by atoms with E-state index in [1.165, 1.54) is 0 Å². The summed E-state index contributed by atoms with van der Waals surface area (Å²) in [6.45, 7) is 12.1. The van der Waals surface area contributed by atoms with Crippen molar-refractivity contribution in [2.75, 3.05) is 0 Å². The van der Waals surface area contributed by atoms with Gasteiger partial charge in [0.25, 0.3) is 0 Å². The molecule has 2 aliphatic rings. The minimum atomic E-state index is -0.910. The second-order valence-corrected chi connectivity index (χ2v) is 6.29. The fourth-order valence-corrected chi connectivity index (χ4v) is 3.58. The number of hydrogen-bond donors (Lipinski definition) is 2. The Morgan fingerprint density at radius 3 is 2.53 bits per heavy atom. The molecule has 0 amide bonds. The van der Waals surface area contributed by atoms with Gasteiger partial charge in [-0.25, -0.2) is 0 Å². The SMILES string of the molecule is C=C(C)C1CCC2(C)CCC(O)C(=C)C2(O)C1. The molecule has 2 rings (SSSR count). The largest absolute Gasteiger partial charge is 0.389 e. The van der Waals surface area contributed by atoms with Gasteiger partial charge in [-0.05, 0) is 50.5 Å². The highest BCUT2D eigenvalue weighted by molar-refractivity contribution is 5.28. The lowest BCUT2D eigenvalue weighted by atomic mass is 9.53. The minimum Gasteiger partial charge on any atom is -0.389 e. The van der Waals surface area contributed by atoms with Crippen LogP contribution in [0.2, 0.25) is 0 Å². The fraction of sp³-hybridized carbons (Fsp3) is 0.733. The van der Waals surface area contributed by atoms with Crippen LogP contribution in [0.5, 0.6) is 0 Å². The molecule has 0 aromatic heterocycles. The van der Waals surface area contributed by atoms with Crippen LogP contribution >= 0.6 is 0 Å². The van der Waals surface area contributed by atoms with Gasteiger partial charge in [-0.3, -0.25) is 0 Å². The number of aliphatic hydroxyl groups is 2. The summed E-state index contributed by atoms with van der Waals surface area (Å²) in [7, 11) is 0. The molecule has 0 heterocycles. The zero-order valence-electron chi connectivity index (χ0n) is 11.0. The van der Waals surface area contributed by atoms with Crippen molar-refractivity contribution in [3.63, 3.8) is 0 Å². The first-order valence-corrected chi connectivity index (χ1v) is 6.55. The van der Waals surface area contributed by atoms with E-state index in [-0.39, 0.29) is 5.41 Å². The summed E-state index contributed by atoms with van der Waals surface area (Å²) in [6.07, 6.45) is 3.83. The average molecular weight is 236 g/mol. The van der Waals surface area contributed by atoms with Crippen molar-refractivity contribution in [1.82, 2.24) is 0 Å². The highest BCUT2D eigenvalue weighted by atomic mass is 16.3. The van der Waals surface area contributed by atoms with Gasteiger partial charge in [-0.2, -0.15) is 0 Å². The van der Waals surface area contributed by atoms with Crippen LogP contribution in [-0.2, 0) is 0 Å². The maximum atomic E-state index is 11.0. The Kier molecular flexibility index (Phi) is 2.99. The standard InChI is InChI=1S/C15H24O2/c1-10(2)12-5-7-14(4)8-6-13(16)11(3)15(14,17)9-12/h12-13,16-17H,1,3,5-9H2,2,4H3. The molecular weight excluding hydrogens is 212 g/mol. The first-order chi connectivity index (χ1) is 7.80. The summed E-state index contributed by atoms with van der Waals surface area (Å²) in [6, 6.07) is 0. The van der Waals surface area contributed by atoms with Gasteiger partial charge < -0.3 is 10.2 Å². The maximum absolute atomic E-state index is 11.0. The molecule has 0 radical (unpaired) electrons. The Balaban J connectivity index is 2.33. The lowest BCUT2D eigenvalue weighted by Gasteiger charge is -2.56. The van der Waals surface area contributed by atoms with E-state index in [2.05, 4.69) is 20.1 Å². The Labute approximate surface area is 104 Å². The highest BCUT2D eigenvalue weighted by Crippen LogP contribution is 2.56. The molecule has 4 atom stereocenters. The summed E-state index contributed by atoms with van der Waals surface area (Å²) in [5.41, 5.74) is 0.729. The minimum absolute atomic E-state index is 0.116. The van der Waals surface area contributed by atoms with E-state index >= 15 is 0 Å². The molecule has 0 spiro atoms. The van der Waals surface area contributed by atoms with Crippen LogP contribution in [0.15, 0.2) is 24.3 Å². The van der Waals surface area contributed by atoms with Crippen molar-refractivity contribution in [2.24, 2.45) is 11.3 Å². The van der Waals surface area contributed by atoms with Crippen molar-refractivity contribution in [1.29, 1.82) is 0 Å². The van der Waals surface area contributed by atoms with E-state index in [4.69, 9.17) is 0 Å². The van der Waals surface area contributed by atoms with Crippen molar-refractivity contribution < 1.29 is 10.2 Å². The van der Waals surface area contributed by atoms with Gasteiger partial charge in [-0.1, -0.05) is 25.7 Å². The number of hydrogen-bond acceptors (Lipinski definition) is 2. The molecule has 17 heavy (non-hydrogen) atoms. The summed E-state index contributed by atoms with van der Waals surface area (Å²) in [5, 5.41) is 20.9. The van der Waals surface area contributed by atoms with Gasteiger partial charge in [0.2, 0.25) is 0 Å². The number of allylic oxidation sites excluding steroid dienone is 1. The molecule has 0 aromatic carbocycles. The van der Waals surface area contributed by atoms with Gasteiger partial charge in [0.15, 0.2) is 0 Å². The predicted octanol–water partition coefficient (Wildman–Crippen LogP) is 2.81. The van der Waals surface area contributed by atoms with E-state index < -0.39 is 11.7 Å². The molecule has 4 unspecified atom stereocenters. The summed E-state index contributed by atoms with van der Waals surface area (Å²) in [5.74, 6) is 0.357. The Hall–Kier alpha value is -0.600. The van der Waals surface area contributed by atoms with Crippen LogP contribution in [0.4, 0.5) is 0 Å². The molecule has 96 valence electrons. The summed E-state index contributed by atoms with van der Waals surface area (Å²) in [4.78, 5) is 0. The number of fused-ring (bicyclic) bond motifs is 1. The third kappa shape index (κ3) is 1.78. The van der Waals surface area contributed by atoms with Crippen LogP contribution in [0.25, 0.3) is 0 Å². The molecule has 2 heteroatoms. The smallest absolute Gasteiger partial charge is 0.0937 e. The van der Waals surface area contributed by atoms with E-state index in [0.717, 1.165) is 31.3 Å². The molecule has 0 aliphatic heterocycles. The molecule has 2 nitrogen and oxygen atoms in total. The van der Waals surface area contributed by atoms with E-state index in [1.54, 1.807) is 0 Å². The molecule has 2 saturated carbocycles. The molecular formula is C15H24O2. The topological polar surface area (TPSA) is 40.5 Å². The van der Waals surface area contributed by atoms with Gasteiger partial charge >= 0.3 is 0 Å². The Morgan fingerprint density at radius 1 is 1.35 bits per heavy atom. The quantitative estimate of drug-likeness (QED) is 0.687.